The fourth-order valence-corrected chi connectivity index (χ4v) is 1.93. The first-order valence-electron chi connectivity index (χ1n) is 5.17. The summed E-state index contributed by atoms with van der Waals surface area (Å²) in [6.07, 6.45) is 1.87. The first kappa shape index (κ1) is 9.46. The summed E-state index contributed by atoms with van der Waals surface area (Å²) >= 11 is 0. The molecule has 1 aromatic rings. The smallest absolute Gasteiger partial charge is 0.131 e. The van der Waals surface area contributed by atoms with E-state index < -0.39 is 0 Å². The van der Waals surface area contributed by atoms with Crippen molar-refractivity contribution in [2.75, 3.05) is 24.5 Å². The van der Waals surface area contributed by atoms with Crippen molar-refractivity contribution in [1.29, 1.82) is 0 Å². The van der Waals surface area contributed by atoms with E-state index in [1.54, 1.807) is 0 Å². The Hall–Kier alpha value is -1.09. The molecule has 3 nitrogen and oxygen atoms in total. The van der Waals surface area contributed by atoms with Gasteiger partial charge in [0.2, 0.25) is 0 Å². The van der Waals surface area contributed by atoms with E-state index in [1.165, 1.54) is 5.56 Å². The van der Waals surface area contributed by atoms with Gasteiger partial charge in [0.25, 0.3) is 0 Å². The summed E-state index contributed by atoms with van der Waals surface area (Å²) in [6.45, 7) is 7.50. The van der Waals surface area contributed by atoms with Gasteiger partial charge in [0.05, 0.1) is 0 Å². The normalized spacial score (nSPS) is 22.4. The average molecular weight is 191 g/mol. The molecule has 0 radical (unpaired) electrons. The molecule has 0 spiro atoms. The maximum atomic E-state index is 4.43. The van der Waals surface area contributed by atoms with Crippen LogP contribution in [-0.2, 0) is 0 Å². The molecule has 0 aromatic carbocycles. The number of aromatic nitrogens is 1. The summed E-state index contributed by atoms with van der Waals surface area (Å²) in [5.41, 5.74) is 1.27. The first-order chi connectivity index (χ1) is 6.77. The highest BCUT2D eigenvalue weighted by Crippen LogP contribution is 2.16. The third-order valence-corrected chi connectivity index (χ3v) is 2.65. The highest BCUT2D eigenvalue weighted by molar-refractivity contribution is 5.46. The number of aryl methyl sites for hydroxylation is 1. The van der Waals surface area contributed by atoms with Gasteiger partial charge in [0.1, 0.15) is 5.82 Å². The summed E-state index contributed by atoms with van der Waals surface area (Å²) in [7, 11) is 0. The molecule has 1 aromatic heterocycles. The quantitative estimate of drug-likeness (QED) is 0.722. The van der Waals surface area contributed by atoms with Gasteiger partial charge in [0, 0.05) is 31.9 Å². The lowest BCUT2D eigenvalue weighted by atomic mass is 10.2. The van der Waals surface area contributed by atoms with Crippen LogP contribution in [0.3, 0.4) is 0 Å². The molecule has 76 valence electrons. The molecule has 1 aliphatic heterocycles. The zero-order valence-electron chi connectivity index (χ0n) is 8.83. The topological polar surface area (TPSA) is 28.2 Å². The van der Waals surface area contributed by atoms with Crippen LogP contribution in [0.4, 0.5) is 5.82 Å². The minimum atomic E-state index is 0.560. The second-order valence-electron chi connectivity index (χ2n) is 3.95. The number of pyridine rings is 1. The Kier molecular flexibility index (Phi) is 2.68. The van der Waals surface area contributed by atoms with Gasteiger partial charge < -0.3 is 10.2 Å². The van der Waals surface area contributed by atoms with Crippen molar-refractivity contribution < 1.29 is 0 Å². The molecule has 1 N–H and O–H groups in total. The van der Waals surface area contributed by atoms with Crippen LogP contribution >= 0.6 is 0 Å². The second-order valence-corrected chi connectivity index (χ2v) is 3.95. The van der Waals surface area contributed by atoms with Gasteiger partial charge in [-0.1, -0.05) is 6.07 Å². The number of hydrogen-bond acceptors (Lipinski definition) is 3. The van der Waals surface area contributed by atoms with Crippen molar-refractivity contribution in [3.05, 3.63) is 23.9 Å². The van der Waals surface area contributed by atoms with Crippen molar-refractivity contribution in [1.82, 2.24) is 10.3 Å². The van der Waals surface area contributed by atoms with E-state index in [0.29, 0.717) is 6.04 Å². The van der Waals surface area contributed by atoms with Gasteiger partial charge in [-0.3, -0.25) is 0 Å². The summed E-state index contributed by atoms with van der Waals surface area (Å²) < 4.78 is 0. The molecule has 0 unspecified atom stereocenters. The Morgan fingerprint density at radius 2 is 2.43 bits per heavy atom. The maximum absolute atomic E-state index is 4.43. The fraction of sp³-hybridized carbons (Fsp3) is 0.545. The molecular formula is C11H17N3. The standard InChI is InChI=1S/C11H17N3/c1-9-4-3-5-13-11(9)14-7-6-12-10(2)8-14/h3-5,10,12H,6-8H2,1-2H3/t10-/m1/s1. The third kappa shape index (κ3) is 1.87. The molecule has 3 heteroatoms. The monoisotopic (exact) mass is 191 g/mol. The van der Waals surface area contributed by atoms with Gasteiger partial charge in [-0.2, -0.15) is 0 Å². The van der Waals surface area contributed by atoms with E-state index >= 15 is 0 Å². The van der Waals surface area contributed by atoms with E-state index in [2.05, 4.69) is 35.1 Å². The van der Waals surface area contributed by atoms with Gasteiger partial charge in [-0.25, -0.2) is 4.98 Å². The van der Waals surface area contributed by atoms with E-state index in [0.717, 1.165) is 25.5 Å². The summed E-state index contributed by atoms with van der Waals surface area (Å²) in [5.74, 6) is 1.14. The summed E-state index contributed by atoms with van der Waals surface area (Å²) in [5, 5.41) is 3.43. The Balaban J connectivity index is 2.18. The number of rotatable bonds is 1. The van der Waals surface area contributed by atoms with Crippen LogP contribution in [0.25, 0.3) is 0 Å². The van der Waals surface area contributed by atoms with E-state index in [9.17, 15) is 0 Å². The van der Waals surface area contributed by atoms with Crippen LogP contribution in [0.15, 0.2) is 18.3 Å². The zero-order valence-corrected chi connectivity index (χ0v) is 8.83. The van der Waals surface area contributed by atoms with Crippen molar-refractivity contribution in [3.8, 4) is 0 Å². The minimum absolute atomic E-state index is 0.560. The number of nitrogens with one attached hydrogen (secondary N) is 1. The molecule has 0 amide bonds. The molecule has 0 aliphatic carbocycles. The minimum Gasteiger partial charge on any atom is -0.354 e. The van der Waals surface area contributed by atoms with Crippen LogP contribution in [-0.4, -0.2) is 30.7 Å². The van der Waals surface area contributed by atoms with Crippen molar-refractivity contribution in [2.45, 2.75) is 19.9 Å². The molecule has 1 atom stereocenters. The predicted molar refractivity (Wildman–Crippen MR) is 58.7 cm³/mol. The van der Waals surface area contributed by atoms with Crippen LogP contribution in [0.2, 0.25) is 0 Å². The lowest BCUT2D eigenvalue weighted by Gasteiger charge is -2.33. The molecule has 14 heavy (non-hydrogen) atoms. The average Bonchev–Trinajstić information content (AvgIpc) is 2.18. The molecule has 1 saturated heterocycles. The van der Waals surface area contributed by atoms with Crippen LogP contribution in [0.1, 0.15) is 12.5 Å². The first-order valence-corrected chi connectivity index (χ1v) is 5.17. The predicted octanol–water partition coefficient (Wildman–Crippen LogP) is 1.19. The Bertz CT molecular complexity index is 311. The van der Waals surface area contributed by atoms with Gasteiger partial charge in [-0.05, 0) is 25.5 Å². The van der Waals surface area contributed by atoms with Crippen LogP contribution in [0.5, 0.6) is 0 Å². The third-order valence-electron chi connectivity index (χ3n) is 2.65. The zero-order chi connectivity index (χ0) is 9.97. The molecule has 0 saturated carbocycles. The number of piperazine rings is 1. The highest BCUT2D eigenvalue weighted by Gasteiger charge is 2.17. The van der Waals surface area contributed by atoms with E-state index in [1.807, 2.05) is 12.3 Å². The largest absolute Gasteiger partial charge is 0.354 e. The van der Waals surface area contributed by atoms with E-state index in [-0.39, 0.29) is 0 Å². The molecule has 0 bridgehead atoms. The highest BCUT2D eigenvalue weighted by atomic mass is 15.2. The molecule has 2 rings (SSSR count). The lowest BCUT2D eigenvalue weighted by molar-refractivity contribution is 0.482. The van der Waals surface area contributed by atoms with Crippen molar-refractivity contribution in [2.24, 2.45) is 0 Å². The number of nitrogens with zero attached hydrogens (tertiary/aromatic N) is 2. The molecule has 1 aliphatic rings. The van der Waals surface area contributed by atoms with Gasteiger partial charge >= 0.3 is 0 Å². The summed E-state index contributed by atoms with van der Waals surface area (Å²) in [6, 6.07) is 4.67. The molecule has 1 fully saturated rings. The SMILES string of the molecule is Cc1cccnc1N1CCN[C@H](C)C1. The number of hydrogen-bond donors (Lipinski definition) is 1. The maximum Gasteiger partial charge on any atom is 0.131 e. The summed E-state index contributed by atoms with van der Waals surface area (Å²) in [4.78, 5) is 6.79. The molecule has 2 heterocycles. The van der Waals surface area contributed by atoms with E-state index in [4.69, 9.17) is 0 Å². The fourth-order valence-electron chi connectivity index (χ4n) is 1.93. The van der Waals surface area contributed by atoms with Gasteiger partial charge in [-0.15, -0.1) is 0 Å². The number of anilines is 1. The van der Waals surface area contributed by atoms with Crippen LogP contribution in [0, 0.1) is 6.92 Å². The van der Waals surface area contributed by atoms with Gasteiger partial charge in [0.15, 0.2) is 0 Å². The Morgan fingerprint density at radius 3 is 3.14 bits per heavy atom. The van der Waals surface area contributed by atoms with Crippen molar-refractivity contribution >= 4 is 5.82 Å². The Labute approximate surface area is 85.1 Å². The van der Waals surface area contributed by atoms with Crippen LogP contribution < -0.4 is 10.2 Å². The van der Waals surface area contributed by atoms with Crippen molar-refractivity contribution in [3.63, 3.8) is 0 Å². The second kappa shape index (κ2) is 3.96. The lowest BCUT2D eigenvalue weighted by Crippen LogP contribution is -2.49. The Morgan fingerprint density at radius 1 is 1.57 bits per heavy atom. The molecular weight excluding hydrogens is 174 g/mol.